The first-order valence-electron chi connectivity index (χ1n) is 7.06. The standard InChI is InChI=1S/C17H12ClF2N3O/c18-10-1-3-12-15(5-6-21-16(12)7-10)22-9-17(24)23-11-2-4-13(19)14(20)8-11/h1-8H,9H2,(H,21,22)(H,23,24). The Balaban J connectivity index is 1.69. The minimum Gasteiger partial charge on any atom is -0.376 e. The Kier molecular flexibility index (Phi) is 4.57. The second kappa shape index (κ2) is 6.80. The summed E-state index contributed by atoms with van der Waals surface area (Å²) in [7, 11) is 0. The molecule has 4 nitrogen and oxygen atoms in total. The van der Waals surface area contributed by atoms with E-state index in [2.05, 4.69) is 15.6 Å². The number of nitrogens with one attached hydrogen (secondary N) is 2. The van der Waals surface area contributed by atoms with Crippen LogP contribution in [-0.2, 0) is 4.79 Å². The van der Waals surface area contributed by atoms with Crippen LogP contribution in [0.2, 0.25) is 5.02 Å². The Morgan fingerprint density at radius 1 is 1.08 bits per heavy atom. The quantitative estimate of drug-likeness (QED) is 0.743. The molecule has 0 radical (unpaired) electrons. The van der Waals surface area contributed by atoms with Crippen LogP contribution in [0.5, 0.6) is 0 Å². The number of fused-ring (bicyclic) bond motifs is 1. The average molecular weight is 348 g/mol. The number of hydrogen-bond donors (Lipinski definition) is 2. The van der Waals surface area contributed by atoms with Gasteiger partial charge in [-0.1, -0.05) is 11.6 Å². The molecule has 0 aliphatic rings. The van der Waals surface area contributed by atoms with E-state index in [1.54, 1.807) is 30.5 Å². The topological polar surface area (TPSA) is 54.0 Å². The highest BCUT2D eigenvalue weighted by atomic mass is 35.5. The van der Waals surface area contributed by atoms with E-state index in [0.717, 1.165) is 23.2 Å². The van der Waals surface area contributed by atoms with Gasteiger partial charge in [0.15, 0.2) is 11.6 Å². The molecule has 2 N–H and O–H groups in total. The van der Waals surface area contributed by atoms with Crippen molar-refractivity contribution < 1.29 is 13.6 Å². The Bertz CT molecular complexity index is 917. The van der Waals surface area contributed by atoms with Gasteiger partial charge in [0, 0.05) is 34.0 Å². The lowest BCUT2D eigenvalue weighted by Crippen LogP contribution is -2.22. The molecule has 0 fully saturated rings. The molecule has 2 aromatic carbocycles. The van der Waals surface area contributed by atoms with E-state index < -0.39 is 11.6 Å². The molecule has 122 valence electrons. The van der Waals surface area contributed by atoms with Crippen LogP contribution in [0, 0.1) is 11.6 Å². The van der Waals surface area contributed by atoms with Gasteiger partial charge in [-0.15, -0.1) is 0 Å². The largest absolute Gasteiger partial charge is 0.376 e. The summed E-state index contributed by atoms with van der Waals surface area (Å²) in [5.74, 6) is -2.37. The highest BCUT2D eigenvalue weighted by Crippen LogP contribution is 2.24. The second-order valence-corrected chi connectivity index (χ2v) is 5.49. The molecule has 1 heterocycles. The van der Waals surface area contributed by atoms with Crippen molar-refractivity contribution in [2.24, 2.45) is 0 Å². The lowest BCUT2D eigenvalue weighted by Gasteiger charge is -2.10. The fraction of sp³-hybridized carbons (Fsp3) is 0.0588. The van der Waals surface area contributed by atoms with Crippen molar-refractivity contribution in [1.82, 2.24) is 4.98 Å². The van der Waals surface area contributed by atoms with E-state index in [1.807, 2.05) is 0 Å². The molecule has 1 amide bonds. The Morgan fingerprint density at radius 2 is 1.92 bits per heavy atom. The third-order valence-electron chi connectivity index (χ3n) is 3.35. The highest BCUT2D eigenvalue weighted by Gasteiger charge is 2.08. The maximum absolute atomic E-state index is 13.1. The number of halogens is 3. The van der Waals surface area contributed by atoms with Gasteiger partial charge in [-0.25, -0.2) is 8.78 Å². The number of nitrogens with zero attached hydrogens (tertiary/aromatic N) is 1. The number of carbonyl (C=O) groups is 1. The fourth-order valence-corrected chi connectivity index (χ4v) is 2.40. The number of aromatic nitrogens is 1. The van der Waals surface area contributed by atoms with Gasteiger partial charge < -0.3 is 10.6 Å². The summed E-state index contributed by atoms with van der Waals surface area (Å²) in [5, 5.41) is 6.88. The van der Waals surface area contributed by atoms with Crippen molar-refractivity contribution in [2.75, 3.05) is 17.2 Å². The lowest BCUT2D eigenvalue weighted by molar-refractivity contribution is -0.114. The normalized spacial score (nSPS) is 10.6. The first kappa shape index (κ1) is 16.1. The summed E-state index contributed by atoms with van der Waals surface area (Å²) < 4.78 is 26.0. The van der Waals surface area contributed by atoms with E-state index in [0.29, 0.717) is 10.5 Å². The molecule has 0 saturated heterocycles. The van der Waals surface area contributed by atoms with Crippen molar-refractivity contribution in [1.29, 1.82) is 0 Å². The van der Waals surface area contributed by atoms with Gasteiger partial charge in [-0.3, -0.25) is 9.78 Å². The van der Waals surface area contributed by atoms with Crippen molar-refractivity contribution in [3.8, 4) is 0 Å². The summed E-state index contributed by atoms with van der Waals surface area (Å²) in [6.07, 6.45) is 1.61. The summed E-state index contributed by atoms with van der Waals surface area (Å²) in [5.41, 5.74) is 1.61. The lowest BCUT2D eigenvalue weighted by atomic mass is 10.2. The zero-order valence-corrected chi connectivity index (χ0v) is 13.1. The third-order valence-corrected chi connectivity index (χ3v) is 3.58. The van der Waals surface area contributed by atoms with E-state index >= 15 is 0 Å². The number of hydrogen-bond acceptors (Lipinski definition) is 3. The van der Waals surface area contributed by atoms with Gasteiger partial charge in [0.25, 0.3) is 0 Å². The number of benzene rings is 2. The molecule has 3 aromatic rings. The highest BCUT2D eigenvalue weighted by molar-refractivity contribution is 6.31. The van der Waals surface area contributed by atoms with Gasteiger partial charge in [-0.05, 0) is 36.4 Å². The molecule has 3 rings (SSSR count). The van der Waals surface area contributed by atoms with Crippen LogP contribution in [-0.4, -0.2) is 17.4 Å². The third kappa shape index (κ3) is 3.60. The second-order valence-electron chi connectivity index (χ2n) is 5.05. The fourth-order valence-electron chi connectivity index (χ4n) is 2.23. The van der Waals surface area contributed by atoms with Crippen LogP contribution in [0.15, 0.2) is 48.7 Å². The Hall–Kier alpha value is -2.73. The molecule has 0 atom stereocenters. The smallest absolute Gasteiger partial charge is 0.243 e. The van der Waals surface area contributed by atoms with Crippen molar-refractivity contribution in [3.05, 3.63) is 65.3 Å². The minimum atomic E-state index is -1.02. The van der Waals surface area contributed by atoms with Crippen molar-refractivity contribution in [2.45, 2.75) is 0 Å². The number of carbonyl (C=O) groups excluding carboxylic acids is 1. The van der Waals surface area contributed by atoms with Gasteiger partial charge >= 0.3 is 0 Å². The van der Waals surface area contributed by atoms with E-state index in [4.69, 9.17) is 11.6 Å². The van der Waals surface area contributed by atoms with Crippen LogP contribution < -0.4 is 10.6 Å². The molecule has 0 bridgehead atoms. The number of anilines is 2. The minimum absolute atomic E-state index is 0.0409. The van der Waals surface area contributed by atoms with Gasteiger partial charge in [-0.2, -0.15) is 0 Å². The van der Waals surface area contributed by atoms with Gasteiger partial charge in [0.1, 0.15) is 0 Å². The predicted molar refractivity (Wildman–Crippen MR) is 90.2 cm³/mol. The zero-order valence-electron chi connectivity index (χ0n) is 12.3. The first-order chi connectivity index (χ1) is 11.5. The zero-order chi connectivity index (χ0) is 17.1. The molecule has 0 aliphatic heterocycles. The van der Waals surface area contributed by atoms with E-state index in [-0.39, 0.29) is 18.1 Å². The average Bonchev–Trinajstić information content (AvgIpc) is 2.56. The molecule has 0 saturated carbocycles. The molecular weight excluding hydrogens is 336 g/mol. The summed E-state index contributed by atoms with van der Waals surface area (Å²) in [6.45, 7) is -0.0409. The van der Waals surface area contributed by atoms with Crippen LogP contribution in [0.25, 0.3) is 10.9 Å². The molecule has 0 spiro atoms. The van der Waals surface area contributed by atoms with Crippen LogP contribution >= 0.6 is 11.6 Å². The molecular formula is C17H12ClF2N3O. The summed E-state index contributed by atoms with van der Waals surface area (Å²) in [6, 6.07) is 10.2. The molecule has 7 heteroatoms. The van der Waals surface area contributed by atoms with Gasteiger partial charge in [0.2, 0.25) is 5.91 Å². The van der Waals surface area contributed by atoms with E-state index in [1.165, 1.54) is 6.07 Å². The molecule has 24 heavy (non-hydrogen) atoms. The predicted octanol–water partition coefficient (Wildman–Crippen LogP) is 4.22. The maximum Gasteiger partial charge on any atom is 0.243 e. The van der Waals surface area contributed by atoms with Crippen LogP contribution in [0.4, 0.5) is 20.2 Å². The molecule has 1 aromatic heterocycles. The van der Waals surface area contributed by atoms with Gasteiger partial charge in [0.05, 0.1) is 12.1 Å². The number of rotatable bonds is 4. The Labute approximate surface area is 141 Å². The SMILES string of the molecule is O=C(CNc1ccnc2cc(Cl)ccc12)Nc1ccc(F)c(F)c1. The monoisotopic (exact) mass is 347 g/mol. The molecule has 0 aliphatic carbocycles. The first-order valence-corrected chi connectivity index (χ1v) is 7.44. The molecule has 0 unspecified atom stereocenters. The number of amides is 1. The Morgan fingerprint density at radius 3 is 2.71 bits per heavy atom. The summed E-state index contributed by atoms with van der Waals surface area (Å²) in [4.78, 5) is 16.2. The number of pyridine rings is 1. The van der Waals surface area contributed by atoms with Crippen molar-refractivity contribution >= 4 is 39.8 Å². The summed E-state index contributed by atoms with van der Waals surface area (Å²) >= 11 is 5.93. The van der Waals surface area contributed by atoms with Crippen LogP contribution in [0.1, 0.15) is 0 Å². The maximum atomic E-state index is 13.1. The van der Waals surface area contributed by atoms with E-state index in [9.17, 15) is 13.6 Å². The van der Waals surface area contributed by atoms with Crippen LogP contribution in [0.3, 0.4) is 0 Å². The van der Waals surface area contributed by atoms with Crippen molar-refractivity contribution in [3.63, 3.8) is 0 Å².